The minimum absolute atomic E-state index is 0.0509. The van der Waals surface area contributed by atoms with Gasteiger partial charge in [0, 0.05) is 20.1 Å². The van der Waals surface area contributed by atoms with E-state index in [1.165, 1.54) is 4.90 Å². The van der Waals surface area contributed by atoms with E-state index >= 15 is 0 Å². The molecule has 0 heterocycles. The average molecular weight is 216 g/mol. The highest BCUT2D eigenvalue weighted by Crippen LogP contribution is 1.79. The summed E-state index contributed by atoms with van der Waals surface area (Å²) >= 11 is 0. The van der Waals surface area contributed by atoms with Crippen LogP contribution in [0.3, 0.4) is 0 Å². The lowest BCUT2D eigenvalue weighted by Crippen LogP contribution is -2.28. The molecule has 0 aromatic rings. The molecule has 0 fully saturated rings. The second kappa shape index (κ2) is 8.79. The number of nitrogens with zero attached hydrogens (tertiary/aromatic N) is 2. The van der Waals surface area contributed by atoms with Crippen LogP contribution in [0.5, 0.6) is 0 Å². The summed E-state index contributed by atoms with van der Waals surface area (Å²) in [7, 11) is 3.38. The third-order valence-electron chi connectivity index (χ3n) is 1.11. The SMILES string of the molecule is CCCC(=O)[O-].CN(C)C(=N)N=C(N)N. The van der Waals surface area contributed by atoms with Gasteiger partial charge in [0.2, 0.25) is 5.96 Å². The van der Waals surface area contributed by atoms with Crippen LogP contribution in [0.25, 0.3) is 0 Å². The van der Waals surface area contributed by atoms with Gasteiger partial charge in [0.05, 0.1) is 0 Å². The van der Waals surface area contributed by atoms with Gasteiger partial charge in [0.15, 0.2) is 5.96 Å². The van der Waals surface area contributed by atoms with E-state index < -0.39 is 5.97 Å². The second-order valence-electron chi connectivity index (χ2n) is 2.88. The van der Waals surface area contributed by atoms with Gasteiger partial charge in [-0.2, -0.15) is 4.99 Å². The van der Waals surface area contributed by atoms with E-state index in [9.17, 15) is 9.90 Å². The summed E-state index contributed by atoms with van der Waals surface area (Å²) in [5.74, 6) is -0.999. The quantitative estimate of drug-likeness (QED) is 0.373. The van der Waals surface area contributed by atoms with E-state index in [2.05, 4.69) is 4.99 Å². The molecule has 0 saturated heterocycles. The van der Waals surface area contributed by atoms with Crippen LogP contribution < -0.4 is 16.6 Å². The van der Waals surface area contributed by atoms with E-state index in [1.807, 2.05) is 0 Å². The monoisotopic (exact) mass is 216 g/mol. The molecule has 15 heavy (non-hydrogen) atoms. The molecule has 0 radical (unpaired) electrons. The number of aliphatic imine (C=N–C) groups is 1. The number of guanidine groups is 2. The molecule has 0 amide bonds. The lowest BCUT2D eigenvalue weighted by Gasteiger charge is -2.07. The molecule has 88 valence electrons. The van der Waals surface area contributed by atoms with Gasteiger partial charge in [-0.1, -0.05) is 13.3 Å². The number of carbonyl (C=O) groups is 1. The van der Waals surface area contributed by atoms with Crippen LogP contribution >= 0.6 is 0 Å². The normalized spacial score (nSPS) is 8.20. The van der Waals surface area contributed by atoms with Crippen LogP contribution in [0.1, 0.15) is 19.8 Å². The molecule has 0 aliphatic rings. The summed E-state index contributed by atoms with van der Waals surface area (Å²) in [5.41, 5.74) is 9.98. The molecule has 0 aliphatic carbocycles. The fourth-order valence-electron chi connectivity index (χ4n) is 0.426. The van der Waals surface area contributed by atoms with Crippen LogP contribution in [-0.4, -0.2) is 36.9 Å². The number of rotatable bonds is 2. The van der Waals surface area contributed by atoms with Gasteiger partial charge in [-0.15, -0.1) is 0 Å². The molecule has 7 heteroatoms. The van der Waals surface area contributed by atoms with Crippen LogP contribution in [0.4, 0.5) is 0 Å². The minimum atomic E-state index is -0.961. The first-order valence-corrected chi connectivity index (χ1v) is 4.36. The summed E-state index contributed by atoms with van der Waals surface area (Å²) in [4.78, 5) is 14.4. The Morgan fingerprint density at radius 1 is 1.47 bits per heavy atom. The molecule has 0 saturated carbocycles. The minimum Gasteiger partial charge on any atom is -0.550 e. The fraction of sp³-hybridized carbons (Fsp3) is 0.625. The summed E-state index contributed by atoms with van der Waals surface area (Å²) < 4.78 is 0. The maximum Gasteiger partial charge on any atom is 0.220 e. The van der Waals surface area contributed by atoms with E-state index in [4.69, 9.17) is 16.9 Å². The Kier molecular flexibility index (Phi) is 9.19. The zero-order valence-electron chi connectivity index (χ0n) is 9.28. The molecule has 0 rings (SSSR count). The van der Waals surface area contributed by atoms with Crippen molar-refractivity contribution in [3.63, 3.8) is 0 Å². The largest absolute Gasteiger partial charge is 0.550 e. The van der Waals surface area contributed by atoms with Crippen LogP contribution in [0, 0.1) is 5.41 Å². The third kappa shape index (κ3) is 15.0. The Hall–Kier alpha value is -1.79. The summed E-state index contributed by atoms with van der Waals surface area (Å²) in [6.45, 7) is 1.80. The van der Waals surface area contributed by atoms with E-state index in [1.54, 1.807) is 21.0 Å². The molecule has 0 unspecified atom stereocenters. The molecule has 0 aliphatic heterocycles. The average Bonchev–Trinajstić information content (AvgIpc) is 2.03. The molecule has 5 N–H and O–H groups in total. The molecule has 0 spiro atoms. The van der Waals surface area contributed by atoms with Gasteiger partial charge >= 0.3 is 0 Å². The zero-order chi connectivity index (χ0) is 12.4. The molecule has 0 aromatic heterocycles. The predicted octanol–water partition coefficient (Wildman–Crippen LogP) is -1.71. The molecular weight excluding hydrogens is 198 g/mol. The number of aliphatic carboxylic acids is 1. The van der Waals surface area contributed by atoms with Gasteiger partial charge in [0.1, 0.15) is 0 Å². The van der Waals surface area contributed by atoms with Gasteiger partial charge in [-0.05, 0) is 6.42 Å². The molecule has 0 aromatic carbocycles. The lowest BCUT2D eigenvalue weighted by atomic mass is 10.4. The second-order valence-corrected chi connectivity index (χ2v) is 2.88. The maximum absolute atomic E-state index is 9.49. The summed E-state index contributed by atoms with van der Waals surface area (Å²) in [6.07, 6.45) is 0.850. The zero-order valence-corrected chi connectivity index (χ0v) is 9.28. The number of nitrogens with two attached hydrogens (primary N) is 2. The van der Waals surface area contributed by atoms with E-state index in [-0.39, 0.29) is 18.3 Å². The van der Waals surface area contributed by atoms with Gasteiger partial charge in [-0.25, -0.2) is 0 Å². The standard InChI is InChI=1S/C4H11N5.C4H8O2/c1-9(2)4(7)8-3(5)6;1-2-3-4(5)6/h1-2H3,(H5,5,6,7,8);2-3H2,1H3,(H,5,6)/p-1. The molecular formula is C8H18N5O2-. The summed E-state index contributed by atoms with van der Waals surface area (Å²) in [5, 5.41) is 16.5. The number of carbonyl (C=O) groups excluding carboxylic acids is 1. The predicted molar refractivity (Wildman–Crippen MR) is 57.1 cm³/mol. The molecule has 0 bridgehead atoms. The number of nitrogens with one attached hydrogen (secondary N) is 1. The van der Waals surface area contributed by atoms with Crippen molar-refractivity contribution in [2.75, 3.05) is 14.1 Å². The van der Waals surface area contributed by atoms with Gasteiger partial charge < -0.3 is 26.3 Å². The highest BCUT2D eigenvalue weighted by molar-refractivity contribution is 5.91. The van der Waals surface area contributed by atoms with Crippen molar-refractivity contribution >= 4 is 17.9 Å². The topological polar surface area (TPSA) is 132 Å². The van der Waals surface area contributed by atoms with E-state index in [0.29, 0.717) is 6.42 Å². The van der Waals surface area contributed by atoms with Crippen molar-refractivity contribution in [1.29, 1.82) is 5.41 Å². The summed E-state index contributed by atoms with van der Waals surface area (Å²) in [6, 6.07) is 0. The Labute approximate surface area is 89.3 Å². The fourth-order valence-corrected chi connectivity index (χ4v) is 0.426. The van der Waals surface area contributed by atoms with E-state index in [0.717, 1.165) is 0 Å². The maximum atomic E-state index is 9.49. The first kappa shape index (κ1) is 15.7. The first-order chi connectivity index (χ1) is 6.81. The van der Waals surface area contributed by atoms with Crippen molar-refractivity contribution in [3.8, 4) is 0 Å². The molecule has 7 nitrogen and oxygen atoms in total. The van der Waals surface area contributed by atoms with Crippen LogP contribution in [-0.2, 0) is 4.79 Å². The Bertz CT molecular complexity index is 233. The number of hydrogen-bond acceptors (Lipinski definition) is 3. The highest BCUT2D eigenvalue weighted by atomic mass is 16.4. The lowest BCUT2D eigenvalue weighted by molar-refractivity contribution is -0.305. The highest BCUT2D eigenvalue weighted by Gasteiger charge is 1.93. The van der Waals surface area contributed by atoms with Crippen molar-refractivity contribution < 1.29 is 9.90 Å². The third-order valence-corrected chi connectivity index (χ3v) is 1.11. The van der Waals surface area contributed by atoms with Crippen LogP contribution in [0.15, 0.2) is 4.99 Å². The van der Waals surface area contributed by atoms with Gasteiger partial charge in [0.25, 0.3) is 0 Å². The van der Waals surface area contributed by atoms with Crippen molar-refractivity contribution in [2.24, 2.45) is 16.5 Å². The molecule has 0 atom stereocenters. The van der Waals surface area contributed by atoms with Crippen molar-refractivity contribution in [3.05, 3.63) is 0 Å². The van der Waals surface area contributed by atoms with Gasteiger partial charge in [-0.3, -0.25) is 5.41 Å². The smallest absolute Gasteiger partial charge is 0.220 e. The van der Waals surface area contributed by atoms with Crippen LogP contribution in [0.2, 0.25) is 0 Å². The first-order valence-electron chi connectivity index (χ1n) is 4.36. The Morgan fingerprint density at radius 2 is 1.93 bits per heavy atom. The van der Waals surface area contributed by atoms with Crippen molar-refractivity contribution in [2.45, 2.75) is 19.8 Å². The Balaban J connectivity index is 0. The number of carboxylic acid groups (broad SMARTS) is 1. The Morgan fingerprint density at radius 3 is 2.00 bits per heavy atom. The van der Waals surface area contributed by atoms with Crippen molar-refractivity contribution in [1.82, 2.24) is 4.90 Å². The number of hydrogen-bond donors (Lipinski definition) is 3. The number of carboxylic acids is 1.